The van der Waals surface area contributed by atoms with Crippen molar-refractivity contribution < 1.29 is 5.11 Å². The number of rotatable bonds is 4. The van der Waals surface area contributed by atoms with E-state index in [-0.39, 0.29) is 6.10 Å². The van der Waals surface area contributed by atoms with Gasteiger partial charge >= 0.3 is 0 Å². The molecule has 2 aromatic heterocycles. The Balaban J connectivity index is 2.02. The molecule has 0 radical (unpaired) electrons. The van der Waals surface area contributed by atoms with Crippen LogP contribution in [-0.4, -0.2) is 22.7 Å². The minimum atomic E-state index is -0.302. The topological polar surface area (TPSA) is 45.1 Å². The Bertz CT molecular complexity index is 439. The fraction of sp³-hybridized carbons (Fsp3) is 0.364. The molecular weight excluding hydrogens is 208 g/mol. The van der Waals surface area contributed by atoms with Crippen molar-refractivity contribution in [2.45, 2.75) is 19.6 Å². The molecule has 0 aliphatic heterocycles. The van der Waals surface area contributed by atoms with Crippen LogP contribution in [0.5, 0.6) is 0 Å². The maximum Gasteiger partial charge on any atom is 0.0809 e. The molecule has 0 spiro atoms. The van der Waals surface area contributed by atoms with Crippen LogP contribution in [-0.2, 0) is 6.54 Å². The van der Waals surface area contributed by atoms with Crippen molar-refractivity contribution in [2.24, 2.45) is 0 Å². The summed E-state index contributed by atoms with van der Waals surface area (Å²) < 4.78 is 1.21. The van der Waals surface area contributed by atoms with Gasteiger partial charge < -0.3 is 10.4 Å². The van der Waals surface area contributed by atoms with Gasteiger partial charge in [0.2, 0.25) is 0 Å². The molecule has 0 bridgehead atoms. The largest absolute Gasteiger partial charge is 0.392 e. The lowest BCUT2D eigenvalue weighted by molar-refractivity contribution is 0.191. The molecule has 0 fully saturated rings. The molecule has 0 aliphatic rings. The minimum absolute atomic E-state index is 0.302. The van der Waals surface area contributed by atoms with E-state index in [0.717, 1.165) is 17.6 Å². The zero-order chi connectivity index (χ0) is 10.7. The third-order valence-corrected chi connectivity index (χ3v) is 2.98. The van der Waals surface area contributed by atoms with Gasteiger partial charge in [0.05, 0.1) is 16.3 Å². The van der Waals surface area contributed by atoms with Gasteiger partial charge in [0.1, 0.15) is 0 Å². The molecule has 80 valence electrons. The van der Waals surface area contributed by atoms with Crippen LogP contribution in [0.3, 0.4) is 0 Å². The average Bonchev–Trinajstić information content (AvgIpc) is 2.64. The first-order valence-corrected chi connectivity index (χ1v) is 5.84. The number of hydrogen-bond donors (Lipinski definition) is 2. The van der Waals surface area contributed by atoms with E-state index in [9.17, 15) is 0 Å². The molecule has 3 nitrogen and oxygen atoms in total. The number of aromatic nitrogens is 1. The Kier molecular flexibility index (Phi) is 3.30. The first-order valence-electron chi connectivity index (χ1n) is 4.96. The maximum absolute atomic E-state index is 9.09. The third-order valence-electron chi connectivity index (χ3n) is 2.13. The van der Waals surface area contributed by atoms with Gasteiger partial charge in [0, 0.05) is 19.3 Å². The lowest BCUT2D eigenvalue weighted by Gasteiger charge is -2.06. The van der Waals surface area contributed by atoms with Crippen LogP contribution in [0.1, 0.15) is 12.5 Å². The molecule has 1 unspecified atom stereocenters. The zero-order valence-corrected chi connectivity index (χ0v) is 9.42. The van der Waals surface area contributed by atoms with E-state index in [1.165, 1.54) is 4.70 Å². The van der Waals surface area contributed by atoms with Crippen LogP contribution in [0.4, 0.5) is 0 Å². The summed E-state index contributed by atoms with van der Waals surface area (Å²) in [6.07, 6.45) is 1.58. The number of aliphatic hydroxyl groups excluding tert-OH is 1. The highest BCUT2D eigenvalue weighted by atomic mass is 32.1. The third kappa shape index (κ3) is 2.75. The standard InChI is InChI=1S/C11H14N2OS/c1-8(14)5-12-6-9-4-11-10(13-7-9)2-3-15-11/h2-4,7-8,12,14H,5-6H2,1H3. The van der Waals surface area contributed by atoms with Crippen LogP contribution in [0, 0.1) is 0 Å². The molecule has 2 N–H and O–H groups in total. The number of nitrogens with zero attached hydrogens (tertiary/aromatic N) is 1. The number of thiophene rings is 1. The number of fused-ring (bicyclic) bond motifs is 1. The van der Waals surface area contributed by atoms with Gasteiger partial charge in [0.15, 0.2) is 0 Å². The first kappa shape index (κ1) is 10.5. The summed E-state index contributed by atoms with van der Waals surface area (Å²) >= 11 is 1.70. The fourth-order valence-electron chi connectivity index (χ4n) is 1.41. The normalized spacial score (nSPS) is 13.2. The lowest BCUT2D eigenvalue weighted by Crippen LogP contribution is -2.23. The molecule has 2 rings (SSSR count). The van der Waals surface area contributed by atoms with E-state index in [1.54, 1.807) is 18.3 Å². The Hall–Kier alpha value is -0.970. The van der Waals surface area contributed by atoms with Crippen LogP contribution < -0.4 is 5.32 Å². The van der Waals surface area contributed by atoms with Gasteiger partial charge in [-0.3, -0.25) is 4.98 Å². The molecule has 1 atom stereocenters. The van der Waals surface area contributed by atoms with Crippen molar-refractivity contribution in [1.82, 2.24) is 10.3 Å². The SMILES string of the molecule is CC(O)CNCc1cnc2ccsc2c1. The van der Waals surface area contributed by atoms with Crippen LogP contribution in [0.25, 0.3) is 10.2 Å². The Morgan fingerprint density at radius 1 is 1.60 bits per heavy atom. The summed E-state index contributed by atoms with van der Waals surface area (Å²) in [5, 5.41) is 14.3. The summed E-state index contributed by atoms with van der Waals surface area (Å²) in [7, 11) is 0. The Morgan fingerprint density at radius 2 is 2.47 bits per heavy atom. The number of nitrogens with one attached hydrogen (secondary N) is 1. The second-order valence-corrected chi connectivity index (χ2v) is 4.58. The molecule has 0 aliphatic carbocycles. The number of aliphatic hydroxyl groups is 1. The van der Waals surface area contributed by atoms with Crippen molar-refractivity contribution in [1.29, 1.82) is 0 Å². The number of pyridine rings is 1. The minimum Gasteiger partial charge on any atom is -0.392 e. The van der Waals surface area contributed by atoms with Crippen molar-refractivity contribution in [3.63, 3.8) is 0 Å². The zero-order valence-electron chi connectivity index (χ0n) is 8.60. The predicted molar refractivity (Wildman–Crippen MR) is 63.0 cm³/mol. The predicted octanol–water partition coefficient (Wildman–Crippen LogP) is 1.77. The second kappa shape index (κ2) is 4.70. The van der Waals surface area contributed by atoms with Crippen LogP contribution in [0.15, 0.2) is 23.7 Å². The molecule has 15 heavy (non-hydrogen) atoms. The Morgan fingerprint density at radius 3 is 3.27 bits per heavy atom. The van der Waals surface area contributed by atoms with Gasteiger partial charge in [-0.25, -0.2) is 0 Å². The molecule has 0 saturated heterocycles. The summed E-state index contributed by atoms with van der Waals surface area (Å²) in [6.45, 7) is 3.14. The lowest BCUT2D eigenvalue weighted by atomic mass is 10.2. The van der Waals surface area contributed by atoms with Gasteiger partial charge in [-0.2, -0.15) is 0 Å². The molecule has 0 saturated carbocycles. The molecule has 4 heteroatoms. The molecular formula is C11H14N2OS. The highest BCUT2D eigenvalue weighted by molar-refractivity contribution is 7.17. The highest BCUT2D eigenvalue weighted by Crippen LogP contribution is 2.19. The van der Waals surface area contributed by atoms with E-state index in [1.807, 2.05) is 17.6 Å². The summed E-state index contributed by atoms with van der Waals surface area (Å²) in [6, 6.07) is 4.16. The van der Waals surface area contributed by atoms with Crippen molar-refractivity contribution in [2.75, 3.05) is 6.54 Å². The van der Waals surface area contributed by atoms with Gasteiger partial charge in [-0.15, -0.1) is 11.3 Å². The maximum atomic E-state index is 9.09. The number of hydrogen-bond acceptors (Lipinski definition) is 4. The first-order chi connectivity index (χ1) is 7.25. The van der Waals surface area contributed by atoms with E-state index in [2.05, 4.69) is 16.4 Å². The van der Waals surface area contributed by atoms with Crippen LogP contribution in [0.2, 0.25) is 0 Å². The van der Waals surface area contributed by atoms with Gasteiger partial charge in [0.25, 0.3) is 0 Å². The molecule has 2 heterocycles. The molecule has 2 aromatic rings. The molecule has 0 aromatic carbocycles. The quantitative estimate of drug-likeness (QED) is 0.828. The van der Waals surface area contributed by atoms with E-state index in [0.29, 0.717) is 6.54 Å². The second-order valence-electron chi connectivity index (χ2n) is 3.63. The fourth-order valence-corrected chi connectivity index (χ4v) is 2.21. The molecule has 0 amide bonds. The van der Waals surface area contributed by atoms with E-state index >= 15 is 0 Å². The summed E-state index contributed by atoms with van der Waals surface area (Å²) in [5.41, 5.74) is 2.21. The van der Waals surface area contributed by atoms with E-state index < -0.39 is 0 Å². The smallest absolute Gasteiger partial charge is 0.0809 e. The van der Waals surface area contributed by atoms with Crippen molar-refractivity contribution >= 4 is 21.6 Å². The average molecular weight is 222 g/mol. The van der Waals surface area contributed by atoms with Gasteiger partial charge in [-0.05, 0) is 30.0 Å². The van der Waals surface area contributed by atoms with Crippen LogP contribution >= 0.6 is 11.3 Å². The summed E-state index contributed by atoms with van der Waals surface area (Å²) in [5.74, 6) is 0. The van der Waals surface area contributed by atoms with Crippen molar-refractivity contribution in [3.8, 4) is 0 Å². The Labute approximate surface area is 92.8 Å². The van der Waals surface area contributed by atoms with Gasteiger partial charge in [-0.1, -0.05) is 0 Å². The highest BCUT2D eigenvalue weighted by Gasteiger charge is 1.99. The summed E-state index contributed by atoms with van der Waals surface area (Å²) in [4.78, 5) is 4.35. The van der Waals surface area contributed by atoms with Crippen molar-refractivity contribution in [3.05, 3.63) is 29.3 Å². The monoisotopic (exact) mass is 222 g/mol. The van der Waals surface area contributed by atoms with E-state index in [4.69, 9.17) is 5.11 Å².